The average molecular weight is 554 g/mol. The Bertz CT molecular complexity index is 764. The zero-order valence-electron chi connectivity index (χ0n) is 26.1. The molecular weight excluding hydrogens is 498 g/mol. The molecule has 39 heavy (non-hydrogen) atoms. The number of esters is 2. The molecule has 8 nitrogen and oxygen atoms in total. The minimum absolute atomic E-state index is 0.00986. The third kappa shape index (κ3) is 12.0. The first-order valence-electron chi connectivity index (χ1n) is 14.8. The van der Waals surface area contributed by atoms with Crippen LogP contribution in [0.4, 0.5) is 0 Å². The van der Waals surface area contributed by atoms with Crippen LogP contribution >= 0.6 is 0 Å². The Kier molecular flexibility index (Phi) is 15.9. The molecule has 0 aromatic carbocycles. The summed E-state index contributed by atoms with van der Waals surface area (Å²) in [5.41, 5.74) is 0. The highest BCUT2D eigenvalue weighted by atomic mass is 16.6. The second kappa shape index (κ2) is 17.7. The fourth-order valence-electron chi connectivity index (χ4n) is 4.91. The minimum Gasteiger partial charge on any atom is -0.462 e. The lowest BCUT2D eigenvalue weighted by Crippen LogP contribution is -2.39. The Balaban J connectivity index is 2.97. The Morgan fingerprint density at radius 3 is 2.00 bits per heavy atom. The van der Waals surface area contributed by atoms with Gasteiger partial charge in [-0.15, -0.1) is 0 Å². The minimum atomic E-state index is -0.343. The molecule has 1 aliphatic rings. The number of nitrogens with zero attached hydrogens (tertiary/aromatic N) is 1. The van der Waals surface area contributed by atoms with Gasteiger partial charge in [0.25, 0.3) is 0 Å². The number of carbonyl (C=O) groups is 3. The predicted molar refractivity (Wildman–Crippen MR) is 153 cm³/mol. The van der Waals surface area contributed by atoms with Gasteiger partial charge in [0.15, 0.2) is 0 Å². The van der Waals surface area contributed by atoms with Crippen LogP contribution in [0.2, 0.25) is 0 Å². The maximum absolute atomic E-state index is 12.7. The number of hydrogen-bond acceptors (Lipinski definition) is 7. The third-order valence-corrected chi connectivity index (χ3v) is 7.91. The van der Waals surface area contributed by atoms with Gasteiger partial charge in [0.05, 0.1) is 18.1 Å². The van der Waals surface area contributed by atoms with Gasteiger partial charge >= 0.3 is 11.9 Å². The summed E-state index contributed by atoms with van der Waals surface area (Å²) >= 11 is 0. The van der Waals surface area contributed by atoms with E-state index in [1.165, 1.54) is 0 Å². The van der Waals surface area contributed by atoms with E-state index in [4.69, 9.17) is 18.9 Å². The van der Waals surface area contributed by atoms with Crippen molar-refractivity contribution < 1.29 is 33.3 Å². The van der Waals surface area contributed by atoms with Crippen molar-refractivity contribution in [2.24, 2.45) is 29.6 Å². The number of ether oxygens (including phenoxy) is 4. The number of carbonyl (C=O) groups excluding carboxylic acids is 3. The van der Waals surface area contributed by atoms with Crippen LogP contribution in [0.25, 0.3) is 0 Å². The Morgan fingerprint density at radius 2 is 1.54 bits per heavy atom. The monoisotopic (exact) mass is 553 g/mol. The van der Waals surface area contributed by atoms with Crippen molar-refractivity contribution in [3.05, 3.63) is 12.3 Å². The largest absolute Gasteiger partial charge is 0.462 e. The summed E-state index contributed by atoms with van der Waals surface area (Å²) < 4.78 is 23.5. The first kappa shape index (κ1) is 35.1. The predicted octanol–water partition coefficient (Wildman–Crippen LogP) is 5.78. The van der Waals surface area contributed by atoms with Crippen LogP contribution in [-0.4, -0.2) is 67.9 Å². The zero-order valence-corrected chi connectivity index (χ0v) is 26.1. The van der Waals surface area contributed by atoms with Crippen LogP contribution in [0.5, 0.6) is 0 Å². The highest BCUT2D eigenvalue weighted by Crippen LogP contribution is 2.30. The van der Waals surface area contributed by atoms with Gasteiger partial charge in [-0.1, -0.05) is 61.5 Å². The summed E-state index contributed by atoms with van der Waals surface area (Å²) in [6.45, 7) is 15.8. The fourth-order valence-corrected chi connectivity index (χ4v) is 4.91. The van der Waals surface area contributed by atoms with Crippen LogP contribution in [0.15, 0.2) is 12.3 Å². The van der Waals surface area contributed by atoms with E-state index >= 15 is 0 Å². The standard InChI is InChI=1S/C31H55NO7/c1-11-29(34)38-27(20(2)3)18-28(36-9)22(6)12-15-26(39-31(35)21(4)5)24(8)30(37-10)23(7)16-17-32(19-33)25-13-14-25/h16-17,19-28,30H,11-15,18H2,1-10H3/b17-16+/t22-,23+,24-,26+,27-,28-,30+/m0/s1. The molecule has 0 spiro atoms. The Morgan fingerprint density at radius 1 is 0.897 bits per heavy atom. The number of hydrogen-bond donors (Lipinski definition) is 0. The summed E-state index contributed by atoms with van der Waals surface area (Å²) in [4.78, 5) is 37.8. The van der Waals surface area contributed by atoms with Crippen molar-refractivity contribution in [1.82, 2.24) is 4.90 Å². The van der Waals surface area contributed by atoms with E-state index in [2.05, 4.69) is 20.8 Å². The van der Waals surface area contributed by atoms with Gasteiger partial charge < -0.3 is 23.8 Å². The smallest absolute Gasteiger partial charge is 0.308 e. The van der Waals surface area contributed by atoms with E-state index in [1.807, 2.05) is 40.0 Å². The van der Waals surface area contributed by atoms with E-state index in [9.17, 15) is 14.4 Å². The number of methoxy groups -OCH3 is 2. The normalized spacial score (nSPS) is 19.3. The first-order chi connectivity index (χ1) is 18.4. The van der Waals surface area contributed by atoms with Crippen molar-refractivity contribution in [2.75, 3.05) is 14.2 Å². The van der Waals surface area contributed by atoms with Gasteiger partial charge in [-0.05, 0) is 37.5 Å². The van der Waals surface area contributed by atoms with E-state index in [0.717, 1.165) is 25.7 Å². The molecule has 0 radical (unpaired) electrons. The van der Waals surface area contributed by atoms with E-state index < -0.39 is 0 Å². The van der Waals surface area contributed by atoms with Crippen LogP contribution < -0.4 is 0 Å². The average Bonchev–Trinajstić information content (AvgIpc) is 3.74. The summed E-state index contributed by atoms with van der Waals surface area (Å²) in [5, 5.41) is 0. The molecule has 0 aliphatic heterocycles. The van der Waals surface area contributed by atoms with Gasteiger partial charge in [-0.3, -0.25) is 14.4 Å². The van der Waals surface area contributed by atoms with Gasteiger partial charge in [0.1, 0.15) is 12.2 Å². The quantitative estimate of drug-likeness (QED) is 0.139. The zero-order chi connectivity index (χ0) is 29.7. The molecule has 0 saturated heterocycles. The molecule has 0 unspecified atom stereocenters. The van der Waals surface area contributed by atoms with Gasteiger partial charge in [0.2, 0.25) is 6.41 Å². The summed E-state index contributed by atoms with van der Waals surface area (Å²) in [7, 11) is 3.37. The molecule has 226 valence electrons. The summed E-state index contributed by atoms with van der Waals surface area (Å²) in [6.07, 6.45) is 8.33. The third-order valence-electron chi connectivity index (χ3n) is 7.91. The van der Waals surface area contributed by atoms with E-state index in [-0.39, 0.29) is 65.9 Å². The van der Waals surface area contributed by atoms with Crippen molar-refractivity contribution in [3.8, 4) is 0 Å². The van der Waals surface area contributed by atoms with E-state index in [1.54, 1.807) is 26.0 Å². The molecular formula is C31H55NO7. The lowest BCUT2D eigenvalue weighted by molar-refractivity contribution is -0.159. The molecule has 1 saturated carbocycles. The second-order valence-electron chi connectivity index (χ2n) is 11.9. The number of rotatable bonds is 20. The van der Waals surface area contributed by atoms with Gasteiger partial charge in [0, 0.05) is 51.1 Å². The lowest BCUT2D eigenvalue weighted by atomic mass is 9.84. The lowest BCUT2D eigenvalue weighted by Gasteiger charge is -2.34. The molecule has 1 amide bonds. The van der Waals surface area contributed by atoms with Crippen LogP contribution in [0, 0.1) is 29.6 Å². The summed E-state index contributed by atoms with van der Waals surface area (Å²) in [5.74, 6) is -0.400. The molecule has 8 heteroatoms. The van der Waals surface area contributed by atoms with Crippen molar-refractivity contribution in [3.63, 3.8) is 0 Å². The second-order valence-corrected chi connectivity index (χ2v) is 11.9. The molecule has 1 fully saturated rings. The van der Waals surface area contributed by atoms with Crippen LogP contribution in [-0.2, 0) is 33.3 Å². The molecule has 0 aromatic heterocycles. The van der Waals surface area contributed by atoms with Crippen molar-refractivity contribution in [2.45, 2.75) is 124 Å². The Labute approximate surface area is 237 Å². The maximum Gasteiger partial charge on any atom is 0.308 e. The summed E-state index contributed by atoms with van der Waals surface area (Å²) in [6, 6.07) is 0.306. The fraction of sp³-hybridized carbons (Fsp3) is 0.839. The SMILES string of the molecule is CCC(=O)O[C@@H](C[C@H](OC)[C@@H](C)CC[C@@H](OC(=O)C(C)C)[C@H](C)[C@H](OC)[C@H](C)/C=C/N(C=O)C1CC1)C(C)C. The molecule has 1 rings (SSSR count). The van der Waals surface area contributed by atoms with Gasteiger partial charge in [-0.2, -0.15) is 0 Å². The maximum atomic E-state index is 12.7. The highest BCUT2D eigenvalue weighted by Gasteiger charge is 2.34. The Hall–Kier alpha value is -1.93. The topological polar surface area (TPSA) is 91.4 Å². The van der Waals surface area contributed by atoms with Crippen molar-refractivity contribution in [1.29, 1.82) is 0 Å². The highest BCUT2D eigenvalue weighted by molar-refractivity contribution is 5.71. The van der Waals surface area contributed by atoms with Crippen molar-refractivity contribution >= 4 is 18.3 Å². The first-order valence-corrected chi connectivity index (χ1v) is 14.8. The molecule has 0 aromatic rings. The van der Waals surface area contributed by atoms with Gasteiger partial charge in [-0.25, -0.2) is 0 Å². The molecule has 1 aliphatic carbocycles. The van der Waals surface area contributed by atoms with Crippen LogP contribution in [0.1, 0.15) is 93.9 Å². The molecule has 0 N–H and O–H groups in total. The molecule has 0 heterocycles. The number of amides is 1. The van der Waals surface area contributed by atoms with E-state index in [0.29, 0.717) is 25.3 Å². The molecule has 7 atom stereocenters. The van der Waals surface area contributed by atoms with Crippen LogP contribution in [0.3, 0.4) is 0 Å². The molecule has 0 bridgehead atoms.